The minimum Gasteiger partial charge on any atom is -0.262 e. The maximum absolute atomic E-state index is 14.8. The molecule has 11 heteroatoms. The molecule has 0 radical (unpaired) electrons. The molecule has 3 aromatic rings. The summed E-state index contributed by atoms with van der Waals surface area (Å²) < 4.78 is 54.3. The number of azo groups is 1. The molecule has 2 aromatic heterocycles. The van der Waals surface area contributed by atoms with Crippen molar-refractivity contribution in [3.8, 4) is 23.4 Å². The molecule has 1 fully saturated rings. The van der Waals surface area contributed by atoms with Crippen LogP contribution in [0.3, 0.4) is 0 Å². The van der Waals surface area contributed by atoms with Crippen LogP contribution < -0.4 is 0 Å². The fourth-order valence-corrected chi connectivity index (χ4v) is 7.74. The van der Waals surface area contributed by atoms with Crippen molar-refractivity contribution in [3.05, 3.63) is 71.2 Å². The van der Waals surface area contributed by atoms with Gasteiger partial charge in [-0.3, -0.25) is 5.10 Å². The van der Waals surface area contributed by atoms with Crippen LogP contribution in [0, 0.1) is 40.7 Å². The Morgan fingerprint density at radius 2 is 1.83 bits per heavy atom. The number of rotatable bonds is 6. The van der Waals surface area contributed by atoms with E-state index < -0.39 is 38.2 Å². The quantitative estimate of drug-likeness (QED) is 0.372. The Kier molecular flexibility index (Phi) is 6.45. The third-order valence-corrected chi connectivity index (χ3v) is 11.4. The molecule has 0 spiro atoms. The molecule has 3 aliphatic rings. The number of aromatic nitrogens is 4. The molecule has 1 aliphatic heterocycles. The van der Waals surface area contributed by atoms with E-state index in [-0.39, 0.29) is 40.1 Å². The van der Waals surface area contributed by atoms with Crippen molar-refractivity contribution in [1.82, 2.24) is 20.2 Å². The largest absolute Gasteiger partial charge is 0.262 e. The van der Waals surface area contributed by atoms with E-state index in [9.17, 15) is 17.2 Å². The molecule has 1 saturated carbocycles. The summed E-state index contributed by atoms with van der Waals surface area (Å²) in [5.41, 5.74) is 0.168. The van der Waals surface area contributed by atoms with Crippen molar-refractivity contribution in [2.45, 2.75) is 57.2 Å². The number of fused-ring (bicyclic) bond motifs is 6. The molecular weight excluding hydrogens is 546 g/mol. The van der Waals surface area contributed by atoms with Gasteiger partial charge >= 0.3 is 0 Å². The van der Waals surface area contributed by atoms with Gasteiger partial charge in [-0.1, -0.05) is 44.7 Å². The predicted octanol–water partition coefficient (Wildman–Crippen LogP) is 5.82. The van der Waals surface area contributed by atoms with Crippen molar-refractivity contribution in [2.24, 2.45) is 27.5 Å². The van der Waals surface area contributed by atoms with Crippen molar-refractivity contribution in [1.29, 1.82) is 0 Å². The summed E-state index contributed by atoms with van der Waals surface area (Å²) in [6.45, 7) is 7.53. The molecule has 2 unspecified atom stereocenters. The van der Waals surface area contributed by atoms with E-state index >= 15 is 0 Å². The second-order valence-corrected chi connectivity index (χ2v) is 14.1. The van der Waals surface area contributed by atoms with Crippen LogP contribution in [0.4, 0.5) is 8.78 Å². The number of benzene rings is 1. The number of nitrogens with one attached hydrogen (secondary N) is 1. The van der Waals surface area contributed by atoms with E-state index in [2.05, 4.69) is 51.1 Å². The number of allylic oxidation sites excluding steroid dienone is 1. The van der Waals surface area contributed by atoms with Crippen LogP contribution >= 0.6 is 0 Å². The molecule has 6 rings (SSSR count). The number of nitrogens with zero attached hydrogens (tertiary/aromatic N) is 5. The summed E-state index contributed by atoms with van der Waals surface area (Å²) in [4.78, 5) is 9.49. The number of H-pyrrole nitrogens is 1. The summed E-state index contributed by atoms with van der Waals surface area (Å²) in [6, 6.07) is 8.75. The van der Waals surface area contributed by atoms with Crippen LogP contribution in [0.15, 0.2) is 52.7 Å². The molecular formula is C30H30F2N6O2S. The fourth-order valence-electron chi connectivity index (χ4n) is 6.79. The normalized spacial score (nSPS) is 26.9. The first-order valence-corrected chi connectivity index (χ1v) is 15.4. The van der Waals surface area contributed by atoms with Crippen molar-refractivity contribution < 1.29 is 17.2 Å². The zero-order chi connectivity index (χ0) is 29.2. The number of hydrogen-bond acceptors (Lipinski definition) is 7. The minimum atomic E-state index is -3.36. The molecule has 3 heterocycles. The monoisotopic (exact) mass is 576 g/mol. The van der Waals surface area contributed by atoms with Crippen LogP contribution in [-0.4, -0.2) is 40.4 Å². The first-order chi connectivity index (χ1) is 19.5. The lowest BCUT2D eigenvalue weighted by molar-refractivity contribution is 0.122. The van der Waals surface area contributed by atoms with Crippen LogP contribution in [-0.2, 0) is 15.3 Å². The predicted molar refractivity (Wildman–Crippen MR) is 150 cm³/mol. The van der Waals surface area contributed by atoms with Gasteiger partial charge in [0, 0.05) is 11.7 Å². The van der Waals surface area contributed by atoms with Gasteiger partial charge < -0.3 is 0 Å². The van der Waals surface area contributed by atoms with Gasteiger partial charge in [0.25, 0.3) is 0 Å². The zero-order valence-electron chi connectivity index (χ0n) is 23.2. The van der Waals surface area contributed by atoms with E-state index in [1.807, 2.05) is 12.1 Å². The van der Waals surface area contributed by atoms with Crippen LogP contribution in [0.5, 0.6) is 0 Å². The maximum Gasteiger partial charge on any atom is 0.199 e. The Hall–Kier alpha value is -3.78. The first-order valence-electron chi connectivity index (χ1n) is 13.7. The lowest BCUT2D eigenvalue weighted by Gasteiger charge is -2.45. The highest BCUT2D eigenvalue weighted by atomic mass is 32.2. The maximum atomic E-state index is 14.8. The second kappa shape index (κ2) is 9.65. The number of sulfone groups is 1. The lowest BCUT2D eigenvalue weighted by Crippen LogP contribution is -2.48. The smallest absolute Gasteiger partial charge is 0.199 e. The topological polar surface area (TPSA) is 113 Å². The molecule has 5 atom stereocenters. The number of hydrogen-bond donors (Lipinski definition) is 1. The lowest BCUT2D eigenvalue weighted by atomic mass is 9.58. The third-order valence-electron chi connectivity index (χ3n) is 9.31. The van der Waals surface area contributed by atoms with Crippen LogP contribution in [0.2, 0.25) is 0 Å². The molecule has 1 aromatic carbocycles. The Morgan fingerprint density at radius 1 is 1.10 bits per heavy atom. The summed E-state index contributed by atoms with van der Waals surface area (Å²) in [7, 11) is -3.36. The second-order valence-electron chi connectivity index (χ2n) is 11.5. The SMILES string of the molecule is CCS(=O)(=O)[C@@H](C)c1nc(-c2cccc([C@@]34CC[C@@H](C5C#CC3N=NC(c3c(F)cccc3F)=C5)C4(C)C)n2)n[nH]1. The van der Waals surface area contributed by atoms with E-state index in [0.717, 1.165) is 18.5 Å². The Labute approximate surface area is 237 Å². The van der Waals surface area contributed by atoms with Crippen LogP contribution in [0.1, 0.15) is 62.9 Å². The fraction of sp³-hybridized carbons (Fsp3) is 0.433. The Balaban J connectivity index is 1.44. The van der Waals surface area contributed by atoms with Crippen LogP contribution in [0.25, 0.3) is 17.2 Å². The van der Waals surface area contributed by atoms with Crippen molar-refractivity contribution >= 4 is 15.5 Å². The highest BCUT2D eigenvalue weighted by Gasteiger charge is 2.62. The van der Waals surface area contributed by atoms with Crippen molar-refractivity contribution in [3.63, 3.8) is 0 Å². The van der Waals surface area contributed by atoms with Gasteiger partial charge in [-0.05, 0) is 61.4 Å². The molecule has 8 nitrogen and oxygen atoms in total. The van der Waals surface area contributed by atoms with Crippen molar-refractivity contribution in [2.75, 3.05) is 5.75 Å². The standard InChI is InChI=1S/C30H30F2N6O2S/c1-5-41(39,40)17(2)27-34-28(38-37-27)22-10-7-11-24(33-22)30-15-14-19(29(30,3)4)18-12-13-25(30)36-35-23(16-18)26-20(31)8-6-9-21(26)32/h6-11,16-19,25H,5,14-15H2,1-4H3,(H,34,37,38)/t17-,18?,19-,25?,30-/m0/s1. The number of halogens is 2. The van der Waals surface area contributed by atoms with E-state index in [0.29, 0.717) is 11.5 Å². The Morgan fingerprint density at radius 3 is 2.56 bits per heavy atom. The van der Waals surface area contributed by atoms with Gasteiger partial charge in [-0.25, -0.2) is 27.2 Å². The molecule has 2 aliphatic carbocycles. The highest BCUT2D eigenvalue weighted by molar-refractivity contribution is 7.91. The summed E-state index contributed by atoms with van der Waals surface area (Å²) >= 11 is 0. The number of pyridine rings is 1. The highest BCUT2D eigenvalue weighted by Crippen LogP contribution is 2.63. The first kappa shape index (κ1) is 27.4. The minimum absolute atomic E-state index is 0.00516. The molecule has 41 heavy (non-hydrogen) atoms. The summed E-state index contributed by atoms with van der Waals surface area (Å²) in [5.74, 6) is 5.62. The van der Waals surface area contributed by atoms with Gasteiger partial charge in [0.05, 0.1) is 22.4 Å². The summed E-state index contributed by atoms with van der Waals surface area (Å²) in [6.07, 6.45) is 3.33. The van der Waals surface area contributed by atoms with Gasteiger partial charge in [0.15, 0.2) is 15.7 Å². The zero-order valence-corrected chi connectivity index (χ0v) is 24.0. The van der Waals surface area contributed by atoms with Gasteiger partial charge in [0.2, 0.25) is 0 Å². The molecule has 4 bridgehead atoms. The van der Waals surface area contributed by atoms with E-state index in [4.69, 9.17) is 4.98 Å². The van der Waals surface area contributed by atoms with Gasteiger partial charge in [-0.2, -0.15) is 15.3 Å². The average molecular weight is 577 g/mol. The van der Waals surface area contributed by atoms with E-state index in [1.54, 1.807) is 26.0 Å². The summed E-state index contributed by atoms with van der Waals surface area (Å²) in [5, 5.41) is 15.3. The van der Waals surface area contributed by atoms with Gasteiger partial charge in [-0.15, -0.1) is 0 Å². The molecule has 1 N–H and O–H groups in total. The molecule has 0 amide bonds. The average Bonchev–Trinajstić information content (AvgIpc) is 3.51. The molecule has 0 saturated heterocycles. The number of aromatic amines is 1. The van der Waals surface area contributed by atoms with E-state index in [1.165, 1.54) is 18.2 Å². The third kappa shape index (κ3) is 4.14. The van der Waals surface area contributed by atoms with Gasteiger partial charge in [0.1, 0.15) is 34.4 Å². The molecule has 212 valence electrons. The Bertz CT molecular complexity index is 1750.